The van der Waals surface area contributed by atoms with Crippen LogP contribution in [0.25, 0.3) is 33.2 Å². The molecule has 2 N–H and O–H groups in total. The van der Waals surface area contributed by atoms with Gasteiger partial charge in [0.15, 0.2) is 11.5 Å². The summed E-state index contributed by atoms with van der Waals surface area (Å²) in [5.74, 6) is 1.41. The highest BCUT2D eigenvalue weighted by molar-refractivity contribution is 5.97. The quantitative estimate of drug-likeness (QED) is 0.390. The van der Waals surface area contributed by atoms with E-state index < -0.39 is 6.17 Å². The van der Waals surface area contributed by atoms with Gasteiger partial charge in [-0.3, -0.25) is 4.90 Å². The number of anilines is 1. The lowest BCUT2D eigenvalue weighted by Crippen LogP contribution is -2.51. The minimum atomic E-state index is -0.819. The van der Waals surface area contributed by atoms with Crippen molar-refractivity contribution in [1.29, 1.82) is 0 Å². The molecule has 4 atom stereocenters. The molecular weight excluding hydrogens is 509 g/mol. The first-order valence-corrected chi connectivity index (χ1v) is 14.3. The summed E-state index contributed by atoms with van der Waals surface area (Å²) in [6.45, 7) is 3.45. The Morgan fingerprint density at radius 3 is 2.77 bits per heavy atom. The van der Waals surface area contributed by atoms with Crippen LogP contribution < -0.4 is 15.0 Å². The first-order chi connectivity index (χ1) is 19.5. The zero-order valence-electron chi connectivity index (χ0n) is 22.3. The van der Waals surface area contributed by atoms with E-state index in [-0.39, 0.29) is 17.3 Å². The Morgan fingerprint density at radius 2 is 1.90 bits per heavy atom. The third kappa shape index (κ3) is 4.04. The van der Waals surface area contributed by atoms with Gasteiger partial charge in [-0.25, -0.2) is 14.4 Å². The SMILES string of the molecule is Oc1cc(-c2ncc3c(N4CC5CCC(C4)N5)nc(OC[C@@]45CCCN4C[C@H](F)C5)nc3n2)c2ccccc2c1. The first-order valence-electron chi connectivity index (χ1n) is 14.3. The van der Waals surface area contributed by atoms with Crippen molar-refractivity contribution in [3.05, 3.63) is 42.6 Å². The Labute approximate surface area is 231 Å². The van der Waals surface area contributed by atoms with Gasteiger partial charge < -0.3 is 20.1 Å². The van der Waals surface area contributed by atoms with Gasteiger partial charge in [0.05, 0.1) is 10.9 Å². The van der Waals surface area contributed by atoms with Gasteiger partial charge in [-0.05, 0) is 55.1 Å². The maximum absolute atomic E-state index is 14.4. The summed E-state index contributed by atoms with van der Waals surface area (Å²) >= 11 is 0. The lowest BCUT2D eigenvalue weighted by atomic mass is 9.95. The van der Waals surface area contributed by atoms with E-state index in [1.165, 1.54) is 0 Å². The molecule has 4 aliphatic heterocycles. The molecule has 4 aliphatic rings. The molecule has 9 nitrogen and oxygen atoms in total. The Kier molecular flexibility index (Phi) is 5.57. The van der Waals surface area contributed by atoms with Gasteiger partial charge in [0, 0.05) is 49.9 Å². The summed E-state index contributed by atoms with van der Waals surface area (Å²) in [4.78, 5) is 23.8. The summed E-state index contributed by atoms with van der Waals surface area (Å²) in [6.07, 6.45) is 5.75. The van der Waals surface area contributed by atoms with E-state index in [1.807, 2.05) is 24.3 Å². The van der Waals surface area contributed by atoms with Crippen LogP contribution in [0.15, 0.2) is 42.6 Å². The van der Waals surface area contributed by atoms with Crippen molar-refractivity contribution in [2.45, 2.75) is 55.9 Å². The van der Waals surface area contributed by atoms with Crippen molar-refractivity contribution in [3.63, 3.8) is 0 Å². The fourth-order valence-corrected chi connectivity index (χ4v) is 7.41. The number of rotatable bonds is 5. The summed E-state index contributed by atoms with van der Waals surface area (Å²) < 4.78 is 20.7. The molecule has 0 radical (unpaired) electrons. The van der Waals surface area contributed by atoms with Crippen molar-refractivity contribution in [1.82, 2.24) is 30.2 Å². The lowest BCUT2D eigenvalue weighted by molar-refractivity contribution is 0.107. The van der Waals surface area contributed by atoms with E-state index in [9.17, 15) is 9.50 Å². The number of hydrogen-bond acceptors (Lipinski definition) is 9. The van der Waals surface area contributed by atoms with Crippen molar-refractivity contribution in [2.75, 3.05) is 37.7 Å². The third-order valence-electron chi connectivity index (χ3n) is 9.25. The van der Waals surface area contributed by atoms with Gasteiger partial charge in [0.1, 0.15) is 24.3 Å². The number of piperazine rings is 1. The Balaban J connectivity index is 1.21. The van der Waals surface area contributed by atoms with E-state index in [4.69, 9.17) is 24.7 Å². The number of nitrogens with one attached hydrogen (secondary N) is 1. The molecule has 10 heteroatoms. The normalized spacial score (nSPS) is 28.0. The summed E-state index contributed by atoms with van der Waals surface area (Å²) in [5.41, 5.74) is 0.947. The maximum Gasteiger partial charge on any atom is 0.320 e. The van der Waals surface area contributed by atoms with Crippen LogP contribution in [0.2, 0.25) is 0 Å². The number of alkyl halides is 1. The van der Waals surface area contributed by atoms with E-state index in [0.29, 0.717) is 43.1 Å². The largest absolute Gasteiger partial charge is 0.508 e. The van der Waals surface area contributed by atoms with Crippen LogP contribution in [0, 0.1) is 0 Å². The van der Waals surface area contributed by atoms with Gasteiger partial charge in [0.2, 0.25) is 0 Å². The van der Waals surface area contributed by atoms with Gasteiger partial charge in [-0.2, -0.15) is 9.97 Å². The van der Waals surface area contributed by atoms with Gasteiger partial charge in [0.25, 0.3) is 0 Å². The number of nitrogens with zero attached hydrogens (tertiary/aromatic N) is 6. The standard InChI is InChI=1S/C30H32FN7O2/c31-19-12-30(8-3-9-38(30)14-19)17-40-29-35-27-25(28(36-29)37-15-20-6-7-21(16-37)33-20)13-32-26(34-27)24-11-22(39)10-18-4-1-2-5-23(18)24/h1-2,4-5,10-11,13,19-21,33,39H,3,6-9,12,14-17H2/t19-,20?,21?,30+/m1/s1. The maximum atomic E-state index is 14.4. The second-order valence-corrected chi connectivity index (χ2v) is 11.9. The summed E-state index contributed by atoms with van der Waals surface area (Å²) in [6, 6.07) is 12.4. The molecule has 206 valence electrons. The zero-order valence-corrected chi connectivity index (χ0v) is 22.3. The molecule has 8 rings (SSSR count). The highest BCUT2D eigenvalue weighted by Gasteiger charge is 2.49. The number of hydrogen-bond donors (Lipinski definition) is 2. The number of ether oxygens (including phenoxy) is 1. The topological polar surface area (TPSA) is 99.5 Å². The average molecular weight is 542 g/mol. The van der Waals surface area contributed by atoms with Gasteiger partial charge in [-0.1, -0.05) is 24.3 Å². The molecule has 6 heterocycles. The minimum absolute atomic E-state index is 0.157. The van der Waals surface area contributed by atoms with Crippen LogP contribution in [0.4, 0.5) is 10.2 Å². The van der Waals surface area contributed by atoms with Crippen LogP contribution in [-0.4, -0.2) is 86.5 Å². The molecule has 2 unspecified atom stereocenters. The molecule has 4 fully saturated rings. The lowest BCUT2D eigenvalue weighted by Gasteiger charge is -2.34. The fraction of sp³-hybridized carbons (Fsp3) is 0.467. The van der Waals surface area contributed by atoms with Crippen LogP contribution >= 0.6 is 0 Å². The van der Waals surface area contributed by atoms with E-state index in [2.05, 4.69) is 15.1 Å². The molecule has 0 amide bonds. The molecule has 0 spiro atoms. The van der Waals surface area contributed by atoms with Gasteiger partial charge >= 0.3 is 6.01 Å². The van der Waals surface area contributed by atoms with Crippen molar-refractivity contribution in [3.8, 4) is 23.1 Å². The van der Waals surface area contributed by atoms with Gasteiger partial charge in [-0.15, -0.1) is 0 Å². The second kappa shape index (κ2) is 9.21. The molecule has 2 aromatic heterocycles. The number of phenols is 1. The summed E-state index contributed by atoms with van der Waals surface area (Å²) in [7, 11) is 0. The highest BCUT2D eigenvalue weighted by atomic mass is 19.1. The molecule has 2 bridgehead atoms. The minimum Gasteiger partial charge on any atom is -0.508 e. The number of aromatic nitrogens is 4. The van der Waals surface area contributed by atoms with Crippen LogP contribution in [0.5, 0.6) is 11.8 Å². The Bertz CT molecular complexity index is 1610. The predicted molar refractivity (Wildman–Crippen MR) is 150 cm³/mol. The van der Waals surface area contributed by atoms with E-state index in [0.717, 1.165) is 72.9 Å². The van der Waals surface area contributed by atoms with Crippen molar-refractivity contribution < 1.29 is 14.2 Å². The summed E-state index contributed by atoms with van der Waals surface area (Å²) in [5, 5.41) is 16.7. The molecule has 40 heavy (non-hydrogen) atoms. The van der Waals surface area contributed by atoms with Crippen molar-refractivity contribution >= 4 is 27.6 Å². The second-order valence-electron chi connectivity index (χ2n) is 11.9. The molecule has 0 aliphatic carbocycles. The van der Waals surface area contributed by atoms with E-state index in [1.54, 1.807) is 18.3 Å². The number of fused-ring (bicyclic) bond motifs is 5. The third-order valence-corrected chi connectivity index (χ3v) is 9.25. The van der Waals surface area contributed by atoms with Crippen LogP contribution in [-0.2, 0) is 0 Å². The molecule has 0 saturated carbocycles. The monoisotopic (exact) mass is 541 g/mol. The zero-order chi connectivity index (χ0) is 26.8. The molecular formula is C30H32FN7O2. The molecule has 4 saturated heterocycles. The smallest absolute Gasteiger partial charge is 0.320 e. The number of benzene rings is 2. The van der Waals surface area contributed by atoms with Crippen LogP contribution in [0.3, 0.4) is 0 Å². The molecule has 4 aromatic rings. The van der Waals surface area contributed by atoms with Crippen LogP contribution in [0.1, 0.15) is 32.1 Å². The van der Waals surface area contributed by atoms with E-state index >= 15 is 0 Å². The predicted octanol–water partition coefficient (Wildman–Crippen LogP) is 3.84. The first kappa shape index (κ1) is 24.2. The molecule has 2 aromatic carbocycles. The number of phenolic OH excluding ortho intramolecular Hbond substituents is 1. The Morgan fingerprint density at radius 1 is 1.05 bits per heavy atom. The number of aromatic hydroxyl groups is 1. The number of halogens is 1. The average Bonchev–Trinajstić information content (AvgIpc) is 3.60. The Hall–Kier alpha value is -3.63. The highest BCUT2D eigenvalue weighted by Crippen LogP contribution is 2.41. The van der Waals surface area contributed by atoms with Crippen molar-refractivity contribution in [2.24, 2.45) is 0 Å². The fourth-order valence-electron chi connectivity index (χ4n) is 7.41.